The van der Waals surface area contributed by atoms with Gasteiger partial charge in [0.25, 0.3) is 0 Å². The third kappa shape index (κ3) is 3.32. The van der Waals surface area contributed by atoms with Crippen molar-refractivity contribution in [3.8, 4) is 0 Å². The fourth-order valence-electron chi connectivity index (χ4n) is 1.49. The molecule has 0 aliphatic rings. The van der Waals surface area contributed by atoms with Crippen molar-refractivity contribution in [3.05, 3.63) is 17.2 Å². The van der Waals surface area contributed by atoms with Gasteiger partial charge >= 0.3 is 0 Å². The van der Waals surface area contributed by atoms with E-state index >= 15 is 0 Å². The van der Waals surface area contributed by atoms with Crippen LogP contribution in [0.5, 0.6) is 0 Å². The minimum atomic E-state index is 0.811. The van der Waals surface area contributed by atoms with Crippen LogP contribution in [0, 0.1) is 13.8 Å². The van der Waals surface area contributed by atoms with Gasteiger partial charge in [0.1, 0.15) is 5.82 Å². The quantitative estimate of drug-likeness (QED) is 0.718. The zero-order chi connectivity index (χ0) is 11.3. The lowest BCUT2D eigenvalue weighted by molar-refractivity contribution is 0.194. The van der Waals surface area contributed by atoms with Gasteiger partial charge in [-0.2, -0.15) is 0 Å². The van der Waals surface area contributed by atoms with Crippen molar-refractivity contribution in [3.63, 3.8) is 0 Å². The van der Waals surface area contributed by atoms with E-state index in [-0.39, 0.29) is 0 Å². The van der Waals surface area contributed by atoms with Crippen molar-refractivity contribution in [2.45, 2.75) is 26.8 Å². The highest BCUT2D eigenvalue weighted by Crippen LogP contribution is 2.07. The summed E-state index contributed by atoms with van der Waals surface area (Å²) >= 11 is 0. The molecule has 0 amide bonds. The van der Waals surface area contributed by atoms with Crippen LogP contribution < -0.4 is 5.32 Å². The molecule has 1 N–H and O–H groups in total. The highest BCUT2D eigenvalue weighted by Gasteiger charge is 2.06. The third-order valence-electron chi connectivity index (χ3n) is 2.70. The maximum absolute atomic E-state index is 4.98. The van der Waals surface area contributed by atoms with Crippen LogP contribution in [0.3, 0.4) is 0 Å². The molecule has 15 heavy (non-hydrogen) atoms. The summed E-state index contributed by atoms with van der Waals surface area (Å²) in [7, 11) is 3.78. The number of aryl methyl sites for hydroxylation is 1. The monoisotopic (exact) mass is 211 g/mol. The Labute approximate surface area is 91.7 Å². The first-order chi connectivity index (χ1) is 7.16. The van der Waals surface area contributed by atoms with Crippen molar-refractivity contribution in [2.75, 3.05) is 20.3 Å². The van der Waals surface area contributed by atoms with E-state index in [0.717, 1.165) is 37.6 Å². The fourth-order valence-corrected chi connectivity index (χ4v) is 1.49. The van der Waals surface area contributed by atoms with E-state index in [1.54, 1.807) is 7.11 Å². The second-order valence-electron chi connectivity index (χ2n) is 3.78. The number of imidazole rings is 1. The highest BCUT2D eigenvalue weighted by molar-refractivity contribution is 5.13. The van der Waals surface area contributed by atoms with Crippen molar-refractivity contribution >= 4 is 0 Å². The molecule has 0 atom stereocenters. The summed E-state index contributed by atoms with van der Waals surface area (Å²) < 4.78 is 7.12. The Balaban J connectivity index is 2.34. The number of methoxy groups -OCH3 is 1. The number of hydrogen-bond donors (Lipinski definition) is 1. The van der Waals surface area contributed by atoms with Crippen LogP contribution in [-0.2, 0) is 18.3 Å². The molecule has 0 aromatic carbocycles. The van der Waals surface area contributed by atoms with Crippen LogP contribution in [0.2, 0.25) is 0 Å². The summed E-state index contributed by atoms with van der Waals surface area (Å²) in [5.74, 6) is 1.10. The van der Waals surface area contributed by atoms with Gasteiger partial charge in [-0.15, -0.1) is 0 Å². The molecule has 1 rings (SSSR count). The van der Waals surface area contributed by atoms with E-state index < -0.39 is 0 Å². The molecule has 1 heterocycles. The van der Waals surface area contributed by atoms with E-state index in [1.165, 1.54) is 5.69 Å². The number of nitrogens with zero attached hydrogens (tertiary/aromatic N) is 2. The number of rotatable bonds is 6. The van der Waals surface area contributed by atoms with Crippen molar-refractivity contribution in [1.82, 2.24) is 14.9 Å². The largest absolute Gasteiger partial charge is 0.385 e. The van der Waals surface area contributed by atoms with Gasteiger partial charge in [-0.1, -0.05) is 0 Å². The first kappa shape index (κ1) is 12.2. The van der Waals surface area contributed by atoms with Gasteiger partial charge < -0.3 is 14.6 Å². The normalized spacial score (nSPS) is 10.9. The molecule has 0 fully saturated rings. The molecule has 0 unspecified atom stereocenters. The lowest BCUT2D eigenvalue weighted by atomic mass is 10.4. The molecular weight excluding hydrogens is 190 g/mol. The summed E-state index contributed by atoms with van der Waals surface area (Å²) in [4.78, 5) is 4.50. The van der Waals surface area contributed by atoms with Gasteiger partial charge in [-0.05, 0) is 26.8 Å². The number of nitrogens with one attached hydrogen (secondary N) is 1. The predicted octanol–water partition coefficient (Wildman–Crippen LogP) is 1.16. The first-order valence-electron chi connectivity index (χ1n) is 5.35. The third-order valence-corrected chi connectivity index (χ3v) is 2.70. The number of aromatic nitrogens is 2. The van der Waals surface area contributed by atoms with E-state index in [0.29, 0.717) is 0 Å². The molecule has 0 saturated carbocycles. The van der Waals surface area contributed by atoms with Gasteiger partial charge in [0.05, 0.1) is 12.2 Å². The molecule has 1 aromatic heterocycles. The van der Waals surface area contributed by atoms with Crippen LogP contribution >= 0.6 is 0 Å². The SMILES string of the molecule is COCCCNCc1nc(C)c(C)n1C. The van der Waals surface area contributed by atoms with Crippen molar-refractivity contribution in [1.29, 1.82) is 0 Å². The number of ether oxygens (including phenoxy) is 1. The first-order valence-corrected chi connectivity index (χ1v) is 5.35. The molecule has 0 saturated heterocycles. The van der Waals surface area contributed by atoms with Crippen LogP contribution in [0.4, 0.5) is 0 Å². The minimum Gasteiger partial charge on any atom is -0.385 e. The Kier molecular flexibility index (Phi) is 4.78. The fraction of sp³-hybridized carbons (Fsp3) is 0.727. The Morgan fingerprint density at radius 2 is 2.13 bits per heavy atom. The van der Waals surface area contributed by atoms with E-state index in [9.17, 15) is 0 Å². The van der Waals surface area contributed by atoms with Crippen molar-refractivity contribution in [2.24, 2.45) is 7.05 Å². The summed E-state index contributed by atoms with van der Waals surface area (Å²) in [6.45, 7) is 6.75. The lowest BCUT2D eigenvalue weighted by Crippen LogP contribution is -2.18. The van der Waals surface area contributed by atoms with Crippen LogP contribution in [0.15, 0.2) is 0 Å². The maximum atomic E-state index is 4.98. The summed E-state index contributed by atoms with van der Waals surface area (Å²) in [5.41, 5.74) is 2.36. The molecule has 4 heteroatoms. The van der Waals surface area contributed by atoms with Crippen molar-refractivity contribution < 1.29 is 4.74 Å². The van der Waals surface area contributed by atoms with Gasteiger partial charge in [-0.3, -0.25) is 0 Å². The molecule has 1 aromatic rings. The Hall–Kier alpha value is -0.870. The molecule has 4 nitrogen and oxygen atoms in total. The lowest BCUT2D eigenvalue weighted by Gasteiger charge is -2.05. The Morgan fingerprint density at radius 1 is 1.40 bits per heavy atom. The molecule has 86 valence electrons. The summed E-state index contributed by atoms with van der Waals surface area (Å²) in [6, 6.07) is 0. The van der Waals surface area contributed by atoms with Crippen LogP contribution in [-0.4, -0.2) is 29.8 Å². The average molecular weight is 211 g/mol. The molecular formula is C11H21N3O. The Bertz CT molecular complexity index is 307. The van der Waals surface area contributed by atoms with Gasteiger partial charge in [-0.25, -0.2) is 4.98 Å². The molecule has 0 aliphatic carbocycles. The topological polar surface area (TPSA) is 39.1 Å². The van der Waals surface area contributed by atoms with Crippen LogP contribution in [0.1, 0.15) is 23.6 Å². The molecule has 0 spiro atoms. The summed E-state index contributed by atoms with van der Waals surface area (Å²) in [6.07, 6.45) is 1.04. The molecule has 0 aliphatic heterocycles. The van der Waals surface area contributed by atoms with Gasteiger partial charge in [0.15, 0.2) is 0 Å². The van der Waals surface area contributed by atoms with E-state index in [1.807, 2.05) is 6.92 Å². The maximum Gasteiger partial charge on any atom is 0.122 e. The van der Waals surface area contributed by atoms with Crippen LogP contribution in [0.25, 0.3) is 0 Å². The minimum absolute atomic E-state index is 0.811. The average Bonchev–Trinajstić information content (AvgIpc) is 2.46. The van der Waals surface area contributed by atoms with Gasteiger partial charge in [0.2, 0.25) is 0 Å². The summed E-state index contributed by atoms with van der Waals surface area (Å²) in [5, 5.41) is 3.35. The smallest absolute Gasteiger partial charge is 0.122 e. The molecule has 0 radical (unpaired) electrons. The second kappa shape index (κ2) is 5.88. The second-order valence-corrected chi connectivity index (χ2v) is 3.78. The predicted molar refractivity (Wildman–Crippen MR) is 60.9 cm³/mol. The van der Waals surface area contributed by atoms with E-state index in [2.05, 4.69) is 28.8 Å². The zero-order valence-electron chi connectivity index (χ0n) is 10.1. The standard InChI is InChI=1S/C11H21N3O/c1-9-10(2)14(3)11(13-9)8-12-6-5-7-15-4/h12H,5-8H2,1-4H3. The molecule has 0 bridgehead atoms. The van der Waals surface area contributed by atoms with E-state index in [4.69, 9.17) is 4.74 Å². The Morgan fingerprint density at radius 3 is 2.67 bits per heavy atom. The number of hydrogen-bond acceptors (Lipinski definition) is 3. The zero-order valence-corrected chi connectivity index (χ0v) is 10.1. The highest BCUT2D eigenvalue weighted by atomic mass is 16.5. The van der Waals surface area contributed by atoms with Gasteiger partial charge in [0, 0.05) is 26.5 Å².